The van der Waals surface area contributed by atoms with Crippen LogP contribution in [0, 0.1) is 10.1 Å². The third-order valence-corrected chi connectivity index (χ3v) is 3.55. The van der Waals surface area contributed by atoms with Crippen LogP contribution in [0.3, 0.4) is 0 Å². The standard InChI is InChI=1S/C14H18N2O4/c1-20-14(17)12-10-11(6-7-13(12)16(18)19)15-8-4-2-3-5-9-15/h6-7,10H,2-5,8-9H2,1H3. The Kier molecular flexibility index (Phi) is 4.55. The molecule has 0 amide bonds. The van der Waals surface area contributed by atoms with E-state index in [9.17, 15) is 14.9 Å². The Morgan fingerprint density at radius 1 is 1.25 bits per heavy atom. The molecule has 0 N–H and O–H groups in total. The molecule has 1 saturated heterocycles. The maximum atomic E-state index is 11.7. The molecule has 1 fully saturated rings. The summed E-state index contributed by atoms with van der Waals surface area (Å²) in [4.78, 5) is 24.3. The lowest BCUT2D eigenvalue weighted by molar-refractivity contribution is -0.385. The van der Waals surface area contributed by atoms with Crippen LogP contribution < -0.4 is 4.90 Å². The van der Waals surface area contributed by atoms with Gasteiger partial charge in [-0.25, -0.2) is 4.79 Å². The fourth-order valence-corrected chi connectivity index (χ4v) is 2.48. The van der Waals surface area contributed by atoms with Gasteiger partial charge in [0.1, 0.15) is 5.56 Å². The summed E-state index contributed by atoms with van der Waals surface area (Å²) in [6.45, 7) is 1.83. The number of nitro groups is 1. The Morgan fingerprint density at radius 3 is 2.45 bits per heavy atom. The van der Waals surface area contributed by atoms with Crippen molar-refractivity contribution in [2.24, 2.45) is 0 Å². The molecule has 1 aromatic rings. The van der Waals surface area contributed by atoms with Crippen molar-refractivity contribution < 1.29 is 14.5 Å². The van der Waals surface area contributed by atoms with Gasteiger partial charge in [-0.1, -0.05) is 12.8 Å². The van der Waals surface area contributed by atoms with E-state index >= 15 is 0 Å². The van der Waals surface area contributed by atoms with E-state index in [0.29, 0.717) is 0 Å². The van der Waals surface area contributed by atoms with E-state index in [4.69, 9.17) is 0 Å². The lowest BCUT2D eigenvalue weighted by atomic mass is 10.1. The molecule has 1 aromatic carbocycles. The van der Waals surface area contributed by atoms with Crippen molar-refractivity contribution in [3.8, 4) is 0 Å². The SMILES string of the molecule is COC(=O)c1cc(N2CCCCCC2)ccc1[N+](=O)[O-]. The van der Waals surface area contributed by atoms with Gasteiger partial charge < -0.3 is 9.64 Å². The Balaban J connectivity index is 2.35. The van der Waals surface area contributed by atoms with Crippen molar-refractivity contribution in [2.45, 2.75) is 25.7 Å². The van der Waals surface area contributed by atoms with Gasteiger partial charge >= 0.3 is 5.97 Å². The van der Waals surface area contributed by atoms with E-state index in [1.165, 1.54) is 26.0 Å². The molecule has 1 heterocycles. The van der Waals surface area contributed by atoms with E-state index in [1.54, 1.807) is 12.1 Å². The summed E-state index contributed by atoms with van der Waals surface area (Å²) in [7, 11) is 1.23. The molecule has 108 valence electrons. The summed E-state index contributed by atoms with van der Waals surface area (Å²) in [5.41, 5.74) is 0.646. The number of hydrogen-bond acceptors (Lipinski definition) is 5. The zero-order valence-electron chi connectivity index (χ0n) is 11.5. The van der Waals surface area contributed by atoms with Gasteiger partial charge in [0, 0.05) is 24.8 Å². The number of hydrogen-bond donors (Lipinski definition) is 0. The summed E-state index contributed by atoms with van der Waals surface area (Å²) >= 11 is 0. The second kappa shape index (κ2) is 6.36. The number of methoxy groups -OCH3 is 1. The molecule has 0 atom stereocenters. The van der Waals surface area contributed by atoms with Crippen molar-refractivity contribution in [1.29, 1.82) is 0 Å². The molecule has 0 aromatic heterocycles. The number of esters is 1. The Hall–Kier alpha value is -2.11. The predicted octanol–water partition coefficient (Wildman–Crippen LogP) is 2.76. The first kappa shape index (κ1) is 14.3. The highest BCUT2D eigenvalue weighted by atomic mass is 16.6. The largest absolute Gasteiger partial charge is 0.465 e. The highest BCUT2D eigenvalue weighted by Gasteiger charge is 2.22. The molecule has 0 unspecified atom stereocenters. The minimum absolute atomic E-state index is 0.0132. The number of carbonyl (C=O) groups is 1. The maximum absolute atomic E-state index is 11.7. The van der Waals surface area contributed by atoms with Crippen molar-refractivity contribution >= 4 is 17.3 Å². The lowest BCUT2D eigenvalue weighted by Crippen LogP contribution is -2.24. The van der Waals surface area contributed by atoms with Crippen LogP contribution in [0.25, 0.3) is 0 Å². The average molecular weight is 278 g/mol. The molecule has 6 heteroatoms. The first-order valence-electron chi connectivity index (χ1n) is 6.75. The lowest BCUT2D eigenvalue weighted by Gasteiger charge is -2.22. The first-order valence-corrected chi connectivity index (χ1v) is 6.75. The normalized spacial score (nSPS) is 15.6. The smallest absolute Gasteiger partial charge is 0.344 e. The molecule has 0 spiro atoms. The highest BCUT2D eigenvalue weighted by molar-refractivity contribution is 5.95. The van der Waals surface area contributed by atoms with Gasteiger partial charge in [0.2, 0.25) is 0 Å². The minimum Gasteiger partial charge on any atom is -0.465 e. The summed E-state index contributed by atoms with van der Waals surface area (Å²) < 4.78 is 4.63. The van der Waals surface area contributed by atoms with Crippen LogP contribution in [0.2, 0.25) is 0 Å². The summed E-state index contributed by atoms with van der Waals surface area (Å²) in [6, 6.07) is 4.65. The molecule has 20 heavy (non-hydrogen) atoms. The Labute approximate surface area is 117 Å². The maximum Gasteiger partial charge on any atom is 0.344 e. The van der Waals surface area contributed by atoms with Crippen LogP contribution >= 0.6 is 0 Å². The number of nitro benzene ring substituents is 1. The van der Waals surface area contributed by atoms with Crippen LogP contribution in [0.4, 0.5) is 11.4 Å². The second-order valence-corrected chi connectivity index (χ2v) is 4.85. The van der Waals surface area contributed by atoms with E-state index in [1.807, 2.05) is 0 Å². The van der Waals surface area contributed by atoms with Gasteiger partial charge in [-0.05, 0) is 25.0 Å². The molecule has 1 aliphatic rings. The monoisotopic (exact) mass is 278 g/mol. The first-order chi connectivity index (χ1) is 9.63. The van der Waals surface area contributed by atoms with E-state index in [2.05, 4.69) is 9.64 Å². The quantitative estimate of drug-likeness (QED) is 0.483. The van der Waals surface area contributed by atoms with Crippen molar-refractivity contribution in [3.63, 3.8) is 0 Å². The zero-order chi connectivity index (χ0) is 14.5. The van der Waals surface area contributed by atoms with Gasteiger partial charge in [0.05, 0.1) is 12.0 Å². The summed E-state index contributed by atoms with van der Waals surface area (Å²) in [5.74, 6) is -0.673. The molecule has 0 saturated carbocycles. The second-order valence-electron chi connectivity index (χ2n) is 4.85. The topological polar surface area (TPSA) is 72.7 Å². The molecule has 2 rings (SSSR count). The molecule has 0 bridgehead atoms. The average Bonchev–Trinajstić information content (AvgIpc) is 2.74. The number of anilines is 1. The number of rotatable bonds is 3. The van der Waals surface area contributed by atoms with E-state index < -0.39 is 10.9 Å². The highest BCUT2D eigenvalue weighted by Crippen LogP contribution is 2.27. The van der Waals surface area contributed by atoms with E-state index in [-0.39, 0.29) is 11.3 Å². The molecule has 0 radical (unpaired) electrons. The minimum atomic E-state index is -0.673. The van der Waals surface area contributed by atoms with Crippen molar-refractivity contribution in [2.75, 3.05) is 25.1 Å². The zero-order valence-corrected chi connectivity index (χ0v) is 11.5. The van der Waals surface area contributed by atoms with Crippen LogP contribution in [0.15, 0.2) is 18.2 Å². The molecule has 0 aliphatic carbocycles. The molecular weight excluding hydrogens is 260 g/mol. The number of ether oxygens (including phenoxy) is 1. The fraction of sp³-hybridized carbons (Fsp3) is 0.500. The summed E-state index contributed by atoms with van der Waals surface area (Å²) in [6.07, 6.45) is 4.61. The predicted molar refractivity (Wildman–Crippen MR) is 75.1 cm³/mol. The molecule has 6 nitrogen and oxygen atoms in total. The number of benzene rings is 1. The van der Waals surface area contributed by atoms with Gasteiger partial charge in [-0.3, -0.25) is 10.1 Å². The third kappa shape index (κ3) is 3.07. The van der Waals surface area contributed by atoms with Gasteiger partial charge in [0.25, 0.3) is 5.69 Å². The summed E-state index contributed by atoms with van der Waals surface area (Å²) in [5, 5.41) is 11.0. The third-order valence-electron chi connectivity index (χ3n) is 3.55. The van der Waals surface area contributed by atoms with Crippen LogP contribution in [0.1, 0.15) is 36.0 Å². The number of nitrogens with zero attached hydrogens (tertiary/aromatic N) is 2. The van der Waals surface area contributed by atoms with Gasteiger partial charge in [-0.15, -0.1) is 0 Å². The Bertz CT molecular complexity index is 508. The fourth-order valence-electron chi connectivity index (χ4n) is 2.48. The van der Waals surface area contributed by atoms with Crippen molar-refractivity contribution in [1.82, 2.24) is 0 Å². The van der Waals surface area contributed by atoms with Crippen LogP contribution in [0.5, 0.6) is 0 Å². The van der Waals surface area contributed by atoms with Crippen LogP contribution in [-0.2, 0) is 4.74 Å². The van der Waals surface area contributed by atoms with Crippen molar-refractivity contribution in [3.05, 3.63) is 33.9 Å². The number of carbonyl (C=O) groups excluding carboxylic acids is 1. The molecular formula is C14H18N2O4. The van der Waals surface area contributed by atoms with Gasteiger partial charge in [-0.2, -0.15) is 0 Å². The van der Waals surface area contributed by atoms with Gasteiger partial charge in [0.15, 0.2) is 0 Å². The Morgan fingerprint density at radius 2 is 1.90 bits per heavy atom. The van der Waals surface area contributed by atoms with Crippen LogP contribution in [-0.4, -0.2) is 31.1 Å². The molecule has 1 aliphatic heterocycles. The van der Waals surface area contributed by atoms with E-state index in [0.717, 1.165) is 31.6 Å².